The summed E-state index contributed by atoms with van der Waals surface area (Å²) in [6, 6.07) is 4.96. The Labute approximate surface area is 361 Å². The maximum absolute atomic E-state index is 3.39. The van der Waals surface area contributed by atoms with E-state index in [9.17, 15) is 0 Å². The fourth-order valence-corrected chi connectivity index (χ4v) is 15.8. The first-order valence-electron chi connectivity index (χ1n) is 27.1. The Kier molecular flexibility index (Phi) is 15.7. The van der Waals surface area contributed by atoms with Crippen molar-refractivity contribution in [3.63, 3.8) is 0 Å². The van der Waals surface area contributed by atoms with Crippen LogP contribution in [0.25, 0.3) is 0 Å². The van der Waals surface area contributed by atoms with E-state index in [1.54, 1.807) is 0 Å². The van der Waals surface area contributed by atoms with Gasteiger partial charge in [0.15, 0.2) is 0 Å². The maximum Gasteiger partial charge on any atom is 0.0161 e. The summed E-state index contributed by atoms with van der Waals surface area (Å²) < 4.78 is 0. The molecule has 8 saturated carbocycles. The molecule has 8 aliphatic rings. The molecule has 6 unspecified atom stereocenters. The van der Waals surface area contributed by atoms with E-state index < -0.39 is 0 Å². The second kappa shape index (κ2) is 20.7. The Balaban J connectivity index is 1.00. The van der Waals surface area contributed by atoms with Gasteiger partial charge in [-0.25, -0.2) is 0 Å². The van der Waals surface area contributed by atoms with Crippen LogP contribution in [0.3, 0.4) is 0 Å². The molecule has 6 atom stereocenters. The van der Waals surface area contributed by atoms with Crippen LogP contribution in [0, 0.1) is 71.0 Å². The molecule has 0 heterocycles. The van der Waals surface area contributed by atoms with E-state index in [4.69, 9.17) is 0 Å². The number of rotatable bonds is 10. The minimum atomic E-state index is 0.803. The molecule has 2 heteroatoms. The van der Waals surface area contributed by atoms with Crippen molar-refractivity contribution in [3.8, 4) is 0 Å². The van der Waals surface area contributed by atoms with Crippen LogP contribution in [0.15, 0.2) is 24.3 Å². The average molecular weight is 797 g/mol. The van der Waals surface area contributed by atoms with Gasteiger partial charge in [-0.05, 0) is 212 Å². The highest BCUT2D eigenvalue weighted by molar-refractivity contribution is 5.09. The van der Waals surface area contributed by atoms with E-state index in [1.807, 2.05) is 0 Å². The summed E-state index contributed by atoms with van der Waals surface area (Å²) in [6.45, 7) is 15.7. The number of hydrogen-bond donors (Lipinski definition) is 0. The molecule has 0 aromatic rings. The normalized spacial score (nSPS) is 47.4. The molecule has 0 N–H and O–H groups in total. The van der Waals surface area contributed by atoms with Crippen molar-refractivity contribution in [2.45, 2.75) is 258 Å². The molecule has 0 bridgehead atoms. The maximum atomic E-state index is 3.39. The molecule has 330 valence electrons. The lowest BCUT2D eigenvalue weighted by Crippen LogP contribution is -2.67. The molecule has 8 rings (SSSR count). The largest absolute Gasteiger partial charge is 0.294 e. The van der Waals surface area contributed by atoms with Crippen LogP contribution in [0.1, 0.15) is 221 Å². The van der Waals surface area contributed by atoms with Crippen molar-refractivity contribution in [1.29, 1.82) is 0 Å². The van der Waals surface area contributed by atoms with Gasteiger partial charge < -0.3 is 0 Å². The summed E-state index contributed by atoms with van der Waals surface area (Å²) in [5.74, 6) is 10.6. The summed E-state index contributed by atoms with van der Waals surface area (Å²) in [5, 5.41) is 0. The van der Waals surface area contributed by atoms with E-state index in [2.05, 4.69) is 75.6 Å². The quantitative estimate of drug-likeness (QED) is 0.203. The molecule has 0 aromatic heterocycles. The highest BCUT2D eigenvalue weighted by Crippen LogP contribution is 2.54. The van der Waals surface area contributed by atoms with Crippen LogP contribution in [0.2, 0.25) is 0 Å². The molecule has 0 amide bonds. The van der Waals surface area contributed by atoms with Gasteiger partial charge >= 0.3 is 0 Å². The zero-order valence-electron chi connectivity index (χ0n) is 39.4. The molecule has 0 saturated heterocycles. The first-order valence-corrected chi connectivity index (χ1v) is 27.1. The van der Waals surface area contributed by atoms with E-state index in [0.29, 0.717) is 0 Å². The van der Waals surface area contributed by atoms with Gasteiger partial charge in [-0.2, -0.15) is 0 Å². The molecule has 0 aromatic carbocycles. The fourth-order valence-electron chi connectivity index (χ4n) is 15.8. The van der Waals surface area contributed by atoms with Crippen molar-refractivity contribution in [1.82, 2.24) is 9.80 Å². The lowest BCUT2D eigenvalue weighted by Gasteiger charge is -2.63. The zero-order valence-corrected chi connectivity index (χ0v) is 39.4. The Hall–Kier alpha value is -0.600. The SMILES string of the molecule is CC1CCC(/C=C/C2CCC(N(C3CCC(C)CC3)C3C(C)C(C)C(N(C4CCC(C)CC4)C4CCC(/C=C/C5CCC(C)CC5)CC4)C4CCCCC43)CC2)CC1. The molecule has 0 spiro atoms. The molecular formula is C56H96N2. The molecule has 8 aliphatic carbocycles. The van der Waals surface area contributed by atoms with Gasteiger partial charge in [0.1, 0.15) is 0 Å². The smallest absolute Gasteiger partial charge is 0.0161 e. The summed E-state index contributed by atoms with van der Waals surface area (Å²) in [5.41, 5.74) is 0. The first-order chi connectivity index (χ1) is 28.2. The highest BCUT2D eigenvalue weighted by Gasteiger charge is 2.55. The van der Waals surface area contributed by atoms with Crippen molar-refractivity contribution >= 4 is 0 Å². The van der Waals surface area contributed by atoms with Crippen LogP contribution < -0.4 is 0 Å². The minimum absolute atomic E-state index is 0.803. The molecular weight excluding hydrogens is 701 g/mol. The standard InChI is InChI=1S/C56H96N2/c1-39-11-19-45(20-12-39)23-25-47-27-35-51(36-28-47)57(49-31-15-41(3)16-32-49)55-43(5)44(6)56(54-10-8-7-9-53(54)55)58(50-33-17-42(4)18-34-50)52-37-29-48(30-38-52)26-24-46-21-13-40(2)14-22-46/h23-26,39-56H,7-22,27-38H2,1-6H3/b25-23+,26-24+. The Bertz CT molecular complexity index is 1160. The third-order valence-electron chi connectivity index (χ3n) is 19.9. The van der Waals surface area contributed by atoms with Gasteiger partial charge in [0.25, 0.3) is 0 Å². The van der Waals surface area contributed by atoms with Gasteiger partial charge in [0.2, 0.25) is 0 Å². The van der Waals surface area contributed by atoms with Gasteiger partial charge in [0, 0.05) is 36.3 Å². The van der Waals surface area contributed by atoms with E-state index >= 15 is 0 Å². The topological polar surface area (TPSA) is 6.48 Å². The lowest BCUT2D eigenvalue weighted by atomic mass is 9.57. The Morgan fingerprint density at radius 3 is 0.776 bits per heavy atom. The van der Waals surface area contributed by atoms with Crippen LogP contribution in [0.4, 0.5) is 0 Å². The minimum Gasteiger partial charge on any atom is -0.294 e. The second-order valence-corrected chi connectivity index (χ2v) is 24.0. The number of hydrogen-bond acceptors (Lipinski definition) is 2. The number of fused-ring (bicyclic) bond motifs is 1. The summed E-state index contributed by atoms with van der Waals surface area (Å²) in [6.07, 6.45) is 51.9. The molecule has 0 radical (unpaired) electrons. The average Bonchev–Trinajstić information content (AvgIpc) is 3.25. The molecule has 0 aliphatic heterocycles. The Morgan fingerprint density at radius 2 is 0.500 bits per heavy atom. The van der Waals surface area contributed by atoms with Crippen LogP contribution in [-0.4, -0.2) is 46.1 Å². The summed E-state index contributed by atoms with van der Waals surface area (Å²) in [7, 11) is 0. The van der Waals surface area contributed by atoms with Crippen LogP contribution >= 0.6 is 0 Å². The monoisotopic (exact) mass is 797 g/mol. The van der Waals surface area contributed by atoms with Crippen molar-refractivity contribution in [2.24, 2.45) is 71.0 Å². The predicted octanol–water partition coefficient (Wildman–Crippen LogP) is 15.5. The number of nitrogens with zero attached hydrogens (tertiary/aromatic N) is 2. The molecule has 58 heavy (non-hydrogen) atoms. The first kappa shape index (κ1) is 44.0. The van der Waals surface area contributed by atoms with Crippen LogP contribution in [-0.2, 0) is 0 Å². The van der Waals surface area contributed by atoms with Gasteiger partial charge in [-0.15, -0.1) is 0 Å². The van der Waals surface area contributed by atoms with Crippen molar-refractivity contribution in [3.05, 3.63) is 24.3 Å². The predicted molar refractivity (Wildman–Crippen MR) is 250 cm³/mol. The second-order valence-electron chi connectivity index (χ2n) is 24.0. The Morgan fingerprint density at radius 1 is 0.276 bits per heavy atom. The lowest BCUT2D eigenvalue weighted by molar-refractivity contribution is -0.132. The molecule has 8 fully saturated rings. The van der Waals surface area contributed by atoms with E-state index in [-0.39, 0.29) is 0 Å². The summed E-state index contributed by atoms with van der Waals surface area (Å²) in [4.78, 5) is 6.79. The van der Waals surface area contributed by atoms with E-state index in [0.717, 1.165) is 107 Å². The molecule has 2 nitrogen and oxygen atoms in total. The highest BCUT2D eigenvalue weighted by atomic mass is 15.3. The third kappa shape index (κ3) is 10.6. The number of allylic oxidation sites excluding steroid dienone is 4. The fraction of sp³-hybridized carbons (Fsp3) is 0.929. The van der Waals surface area contributed by atoms with Crippen LogP contribution in [0.5, 0.6) is 0 Å². The van der Waals surface area contributed by atoms with Gasteiger partial charge in [-0.1, -0.05) is 104 Å². The van der Waals surface area contributed by atoms with Crippen molar-refractivity contribution < 1.29 is 0 Å². The van der Waals surface area contributed by atoms with Gasteiger partial charge in [0.05, 0.1) is 0 Å². The van der Waals surface area contributed by atoms with Gasteiger partial charge in [-0.3, -0.25) is 9.80 Å². The third-order valence-corrected chi connectivity index (χ3v) is 19.9. The van der Waals surface area contributed by atoms with Crippen molar-refractivity contribution in [2.75, 3.05) is 0 Å². The van der Waals surface area contributed by atoms with E-state index in [1.165, 1.54) is 180 Å². The summed E-state index contributed by atoms with van der Waals surface area (Å²) >= 11 is 0. The zero-order chi connectivity index (χ0) is 40.2.